The Morgan fingerprint density at radius 1 is 1.17 bits per heavy atom. The Hall–Kier alpha value is -2.47. The molecule has 1 atom stereocenters. The lowest BCUT2D eigenvalue weighted by atomic mass is 9.94. The van der Waals surface area contributed by atoms with E-state index in [0.29, 0.717) is 0 Å². The first-order valence-electron chi connectivity index (χ1n) is 11.2. The van der Waals surface area contributed by atoms with Crippen molar-refractivity contribution in [1.82, 2.24) is 15.3 Å². The van der Waals surface area contributed by atoms with Crippen LogP contribution in [0.3, 0.4) is 0 Å². The van der Waals surface area contributed by atoms with Crippen molar-refractivity contribution in [2.24, 2.45) is 11.8 Å². The van der Waals surface area contributed by atoms with E-state index in [1.54, 1.807) is 0 Å². The van der Waals surface area contributed by atoms with E-state index in [9.17, 15) is 9.90 Å². The Labute approximate surface area is 178 Å². The number of amides is 1. The number of aromatic nitrogens is 2. The van der Waals surface area contributed by atoms with Gasteiger partial charge in [-0.2, -0.15) is 0 Å². The van der Waals surface area contributed by atoms with E-state index in [-0.39, 0.29) is 30.4 Å². The molecule has 6 nitrogen and oxygen atoms in total. The number of benzene rings is 1. The van der Waals surface area contributed by atoms with Gasteiger partial charge in [0.05, 0.1) is 12.6 Å². The van der Waals surface area contributed by atoms with E-state index in [0.717, 1.165) is 62.4 Å². The standard InChI is InChI=1S/C24H32N4O2/c1-16(2)21(15-29)26-24(30)18-11-13-28(14-12-18)23-19-9-6-10-20(19)25-22(27-23)17-7-4-3-5-8-17/h3-5,7-8,16,18,21,29H,6,9-15H2,1-2H3,(H,26,30)/t21-/m0/s1. The first-order chi connectivity index (χ1) is 14.6. The number of hydrogen-bond acceptors (Lipinski definition) is 5. The second-order valence-electron chi connectivity index (χ2n) is 8.82. The minimum absolute atomic E-state index is 0.00229. The first-order valence-corrected chi connectivity index (χ1v) is 11.2. The number of anilines is 1. The molecule has 0 saturated carbocycles. The van der Waals surface area contributed by atoms with Gasteiger partial charge in [-0.05, 0) is 38.0 Å². The molecule has 30 heavy (non-hydrogen) atoms. The van der Waals surface area contributed by atoms with Gasteiger partial charge in [-0.15, -0.1) is 0 Å². The van der Waals surface area contributed by atoms with Crippen molar-refractivity contribution in [2.75, 3.05) is 24.6 Å². The molecule has 1 saturated heterocycles. The number of aliphatic hydroxyl groups is 1. The van der Waals surface area contributed by atoms with Crippen molar-refractivity contribution in [1.29, 1.82) is 0 Å². The zero-order chi connectivity index (χ0) is 21.1. The van der Waals surface area contributed by atoms with Gasteiger partial charge in [-0.25, -0.2) is 9.97 Å². The Morgan fingerprint density at radius 3 is 2.57 bits per heavy atom. The van der Waals surface area contributed by atoms with Crippen molar-refractivity contribution < 1.29 is 9.90 Å². The van der Waals surface area contributed by atoms with Gasteiger partial charge >= 0.3 is 0 Å². The molecule has 0 radical (unpaired) electrons. The molecule has 0 unspecified atom stereocenters. The minimum atomic E-state index is -0.172. The van der Waals surface area contributed by atoms with Crippen molar-refractivity contribution in [3.8, 4) is 11.4 Å². The molecule has 0 spiro atoms. The molecule has 6 heteroatoms. The lowest BCUT2D eigenvalue weighted by molar-refractivity contribution is -0.127. The van der Waals surface area contributed by atoms with E-state index in [1.165, 1.54) is 11.3 Å². The van der Waals surface area contributed by atoms with Gasteiger partial charge in [0.15, 0.2) is 5.82 Å². The average molecular weight is 409 g/mol. The number of aryl methyl sites for hydroxylation is 1. The zero-order valence-electron chi connectivity index (χ0n) is 18.0. The van der Waals surface area contributed by atoms with E-state index >= 15 is 0 Å². The van der Waals surface area contributed by atoms with Crippen LogP contribution < -0.4 is 10.2 Å². The molecule has 2 heterocycles. The molecular formula is C24H32N4O2. The SMILES string of the molecule is CC(C)[C@H](CO)NC(=O)C1CCN(c2nc(-c3ccccc3)nc3c2CCC3)CC1. The highest BCUT2D eigenvalue weighted by molar-refractivity contribution is 5.79. The molecule has 1 aliphatic carbocycles. The summed E-state index contributed by atoms with van der Waals surface area (Å²) in [5.74, 6) is 2.15. The quantitative estimate of drug-likeness (QED) is 0.768. The summed E-state index contributed by atoms with van der Waals surface area (Å²) < 4.78 is 0. The summed E-state index contributed by atoms with van der Waals surface area (Å²) in [6.07, 6.45) is 4.79. The average Bonchev–Trinajstić information content (AvgIpc) is 3.26. The number of carbonyl (C=O) groups is 1. The maximum Gasteiger partial charge on any atom is 0.223 e. The Bertz CT molecular complexity index is 876. The van der Waals surface area contributed by atoms with E-state index in [1.807, 2.05) is 32.0 Å². The second kappa shape index (κ2) is 9.13. The summed E-state index contributed by atoms with van der Waals surface area (Å²) >= 11 is 0. The highest BCUT2D eigenvalue weighted by atomic mass is 16.3. The second-order valence-corrected chi connectivity index (χ2v) is 8.82. The first kappa shape index (κ1) is 20.8. The molecule has 1 aliphatic heterocycles. The Balaban J connectivity index is 1.48. The van der Waals surface area contributed by atoms with Crippen molar-refractivity contribution in [3.05, 3.63) is 41.6 Å². The zero-order valence-corrected chi connectivity index (χ0v) is 18.0. The van der Waals surface area contributed by atoms with E-state index in [2.05, 4.69) is 22.3 Å². The third-order valence-corrected chi connectivity index (χ3v) is 6.44. The molecule has 2 aliphatic rings. The predicted molar refractivity (Wildman–Crippen MR) is 118 cm³/mol. The Morgan fingerprint density at radius 2 is 1.90 bits per heavy atom. The number of aliphatic hydroxyl groups excluding tert-OH is 1. The van der Waals surface area contributed by atoms with Crippen LogP contribution in [-0.2, 0) is 17.6 Å². The molecule has 2 N–H and O–H groups in total. The van der Waals surface area contributed by atoms with Crippen molar-refractivity contribution in [2.45, 2.75) is 52.0 Å². The maximum absolute atomic E-state index is 12.7. The van der Waals surface area contributed by atoms with Crippen LogP contribution in [0, 0.1) is 11.8 Å². The largest absolute Gasteiger partial charge is 0.394 e. The monoisotopic (exact) mass is 408 g/mol. The minimum Gasteiger partial charge on any atom is -0.394 e. The summed E-state index contributed by atoms with van der Waals surface area (Å²) in [7, 11) is 0. The fourth-order valence-corrected chi connectivity index (χ4v) is 4.47. The third kappa shape index (κ3) is 4.33. The van der Waals surface area contributed by atoms with Crippen LogP contribution in [0.15, 0.2) is 30.3 Å². The van der Waals surface area contributed by atoms with Crippen LogP contribution in [0.25, 0.3) is 11.4 Å². The molecule has 160 valence electrons. The molecule has 2 aromatic rings. The fourth-order valence-electron chi connectivity index (χ4n) is 4.47. The van der Waals surface area contributed by atoms with Crippen LogP contribution in [-0.4, -0.2) is 46.7 Å². The number of carbonyl (C=O) groups excluding carboxylic acids is 1. The number of nitrogens with zero attached hydrogens (tertiary/aromatic N) is 3. The number of nitrogens with one attached hydrogen (secondary N) is 1. The number of rotatable bonds is 6. The molecule has 1 aromatic carbocycles. The lowest BCUT2D eigenvalue weighted by Gasteiger charge is -2.34. The van der Waals surface area contributed by atoms with Crippen LogP contribution in [0.4, 0.5) is 5.82 Å². The highest BCUT2D eigenvalue weighted by Crippen LogP contribution is 2.33. The molecule has 1 amide bonds. The van der Waals surface area contributed by atoms with Gasteiger partial charge in [0.2, 0.25) is 5.91 Å². The van der Waals surface area contributed by atoms with Gasteiger partial charge in [0, 0.05) is 35.8 Å². The van der Waals surface area contributed by atoms with E-state index < -0.39 is 0 Å². The smallest absolute Gasteiger partial charge is 0.223 e. The van der Waals surface area contributed by atoms with Gasteiger partial charge in [0.1, 0.15) is 5.82 Å². The topological polar surface area (TPSA) is 78.4 Å². The van der Waals surface area contributed by atoms with Gasteiger partial charge < -0.3 is 15.3 Å². The predicted octanol–water partition coefficient (Wildman–Crippen LogP) is 2.98. The van der Waals surface area contributed by atoms with Crippen molar-refractivity contribution in [3.63, 3.8) is 0 Å². The molecule has 1 aromatic heterocycles. The summed E-state index contributed by atoms with van der Waals surface area (Å²) in [4.78, 5) is 24.8. The third-order valence-electron chi connectivity index (χ3n) is 6.44. The Kier molecular flexibility index (Phi) is 6.32. The van der Waals surface area contributed by atoms with Crippen LogP contribution in [0.2, 0.25) is 0 Å². The van der Waals surface area contributed by atoms with Crippen LogP contribution >= 0.6 is 0 Å². The maximum atomic E-state index is 12.7. The molecule has 0 bridgehead atoms. The highest BCUT2D eigenvalue weighted by Gasteiger charge is 2.30. The molecular weight excluding hydrogens is 376 g/mol. The molecule has 1 fully saturated rings. The van der Waals surface area contributed by atoms with Gasteiger partial charge in [-0.3, -0.25) is 4.79 Å². The van der Waals surface area contributed by atoms with Gasteiger partial charge in [0.25, 0.3) is 0 Å². The van der Waals surface area contributed by atoms with Crippen molar-refractivity contribution >= 4 is 11.7 Å². The fraction of sp³-hybridized carbons (Fsp3) is 0.542. The van der Waals surface area contributed by atoms with Gasteiger partial charge in [-0.1, -0.05) is 44.2 Å². The number of piperidine rings is 1. The molecule has 4 rings (SSSR count). The summed E-state index contributed by atoms with van der Waals surface area (Å²) in [6, 6.07) is 9.99. The van der Waals surface area contributed by atoms with Crippen LogP contribution in [0.1, 0.15) is 44.4 Å². The van der Waals surface area contributed by atoms with Crippen LogP contribution in [0.5, 0.6) is 0 Å². The normalized spacial score (nSPS) is 17.8. The lowest BCUT2D eigenvalue weighted by Crippen LogP contribution is -2.47. The number of fused-ring (bicyclic) bond motifs is 1. The summed E-state index contributed by atoms with van der Waals surface area (Å²) in [5.41, 5.74) is 3.52. The van der Waals surface area contributed by atoms with E-state index in [4.69, 9.17) is 9.97 Å². The summed E-state index contributed by atoms with van der Waals surface area (Å²) in [6.45, 7) is 5.66. The summed E-state index contributed by atoms with van der Waals surface area (Å²) in [5, 5.41) is 12.5. The number of hydrogen-bond donors (Lipinski definition) is 2.